The summed E-state index contributed by atoms with van der Waals surface area (Å²) < 4.78 is 0. The molecule has 0 saturated heterocycles. The molecular formula is C15H20. The smallest absolute Gasteiger partial charge is 0.0125 e. The summed E-state index contributed by atoms with van der Waals surface area (Å²) in [7, 11) is 0. The van der Waals surface area contributed by atoms with Gasteiger partial charge in [0.15, 0.2) is 0 Å². The fraction of sp³-hybridized carbons (Fsp3) is 0.467. The maximum absolute atomic E-state index is 2.47. The van der Waals surface area contributed by atoms with Crippen LogP contribution in [0.1, 0.15) is 38.2 Å². The van der Waals surface area contributed by atoms with Gasteiger partial charge in [-0.1, -0.05) is 61.7 Å². The van der Waals surface area contributed by atoms with Gasteiger partial charge < -0.3 is 0 Å². The van der Waals surface area contributed by atoms with Crippen LogP contribution in [-0.2, 0) is 6.42 Å². The normalized spacial score (nSPS) is 21.9. The van der Waals surface area contributed by atoms with Crippen LogP contribution in [0.3, 0.4) is 0 Å². The second-order valence-electron chi connectivity index (χ2n) is 4.51. The minimum absolute atomic E-state index is 0.865. The minimum Gasteiger partial charge on any atom is -0.0850 e. The maximum atomic E-state index is 2.47. The number of unbranched alkanes of at least 4 members (excludes halogenated alkanes) is 2. The van der Waals surface area contributed by atoms with Gasteiger partial charge in [0.05, 0.1) is 0 Å². The van der Waals surface area contributed by atoms with Crippen molar-refractivity contribution in [3.8, 4) is 0 Å². The van der Waals surface area contributed by atoms with Crippen molar-refractivity contribution in [2.75, 3.05) is 0 Å². The summed E-state index contributed by atoms with van der Waals surface area (Å²) in [5, 5.41) is 0. The molecule has 0 heteroatoms. The van der Waals surface area contributed by atoms with Crippen LogP contribution in [0.5, 0.6) is 0 Å². The van der Waals surface area contributed by atoms with E-state index in [1.165, 1.54) is 37.7 Å². The van der Waals surface area contributed by atoms with E-state index in [0.29, 0.717) is 0 Å². The topological polar surface area (TPSA) is 0 Å². The van der Waals surface area contributed by atoms with E-state index in [2.05, 4.69) is 43.3 Å². The molecule has 1 aliphatic rings. The van der Waals surface area contributed by atoms with Gasteiger partial charge >= 0.3 is 0 Å². The van der Waals surface area contributed by atoms with Gasteiger partial charge in [-0.3, -0.25) is 0 Å². The van der Waals surface area contributed by atoms with Crippen molar-refractivity contribution >= 4 is 0 Å². The molecule has 0 nitrogen and oxygen atoms in total. The molecule has 1 saturated carbocycles. The Morgan fingerprint density at radius 3 is 2.80 bits per heavy atom. The van der Waals surface area contributed by atoms with Crippen LogP contribution in [0.2, 0.25) is 0 Å². The third kappa shape index (κ3) is 3.23. The molecule has 0 aromatic heterocycles. The van der Waals surface area contributed by atoms with Crippen molar-refractivity contribution in [1.82, 2.24) is 0 Å². The third-order valence-electron chi connectivity index (χ3n) is 3.14. The van der Waals surface area contributed by atoms with E-state index in [1.807, 2.05) is 0 Å². The number of benzene rings is 1. The van der Waals surface area contributed by atoms with E-state index in [-0.39, 0.29) is 0 Å². The highest BCUT2D eigenvalue weighted by molar-refractivity contribution is 5.28. The van der Waals surface area contributed by atoms with Crippen LogP contribution in [0.15, 0.2) is 42.0 Å². The van der Waals surface area contributed by atoms with E-state index in [1.54, 1.807) is 5.57 Å². The zero-order chi connectivity index (χ0) is 10.5. The molecule has 0 N–H and O–H groups in total. The number of hydrogen-bond donors (Lipinski definition) is 0. The van der Waals surface area contributed by atoms with Crippen molar-refractivity contribution in [3.63, 3.8) is 0 Å². The Kier molecular flexibility index (Phi) is 3.60. The fourth-order valence-electron chi connectivity index (χ4n) is 2.07. The highest BCUT2D eigenvalue weighted by atomic mass is 14.3. The van der Waals surface area contributed by atoms with Crippen LogP contribution in [0.25, 0.3) is 0 Å². The Balaban J connectivity index is 1.78. The summed E-state index contributed by atoms with van der Waals surface area (Å²) in [6.45, 7) is 2.26. The lowest BCUT2D eigenvalue weighted by molar-refractivity contribution is 0.808. The standard InChI is InChI=1S/C15H20/c1-2-3-5-10-14-12-15(14)11-13-8-6-4-7-9-13/h4,6-10,15H,2-3,5,11-12H2,1H3/b14-10+. The molecule has 1 atom stereocenters. The highest BCUT2D eigenvalue weighted by Gasteiger charge is 2.28. The quantitative estimate of drug-likeness (QED) is 0.489. The van der Waals surface area contributed by atoms with Crippen molar-refractivity contribution in [2.45, 2.75) is 39.0 Å². The van der Waals surface area contributed by atoms with E-state index in [0.717, 1.165) is 5.92 Å². The van der Waals surface area contributed by atoms with Crippen LogP contribution in [0.4, 0.5) is 0 Å². The monoisotopic (exact) mass is 200 g/mol. The van der Waals surface area contributed by atoms with Gasteiger partial charge in [0.1, 0.15) is 0 Å². The molecule has 0 aliphatic heterocycles. The fourth-order valence-corrected chi connectivity index (χ4v) is 2.07. The lowest BCUT2D eigenvalue weighted by atomic mass is 10.1. The van der Waals surface area contributed by atoms with E-state index in [9.17, 15) is 0 Å². The first kappa shape index (κ1) is 10.5. The van der Waals surface area contributed by atoms with Gasteiger partial charge in [0, 0.05) is 0 Å². The lowest BCUT2D eigenvalue weighted by Gasteiger charge is -1.96. The molecule has 1 fully saturated rings. The predicted octanol–water partition coefficient (Wildman–Crippen LogP) is 4.37. The highest BCUT2D eigenvalue weighted by Crippen LogP contribution is 2.40. The van der Waals surface area contributed by atoms with Gasteiger partial charge in [0.25, 0.3) is 0 Å². The summed E-state index contributed by atoms with van der Waals surface area (Å²) >= 11 is 0. The SMILES string of the molecule is CCCC/C=C1\CC1Cc1ccccc1. The molecule has 1 aromatic carbocycles. The van der Waals surface area contributed by atoms with Crippen LogP contribution < -0.4 is 0 Å². The molecular weight excluding hydrogens is 180 g/mol. The molecule has 0 amide bonds. The summed E-state index contributed by atoms with van der Waals surface area (Å²) in [5.74, 6) is 0.865. The van der Waals surface area contributed by atoms with Gasteiger partial charge in [-0.25, -0.2) is 0 Å². The summed E-state index contributed by atoms with van der Waals surface area (Å²) in [6, 6.07) is 10.8. The number of hydrogen-bond acceptors (Lipinski definition) is 0. The van der Waals surface area contributed by atoms with Crippen molar-refractivity contribution < 1.29 is 0 Å². The second kappa shape index (κ2) is 5.16. The average molecular weight is 200 g/mol. The van der Waals surface area contributed by atoms with E-state index < -0.39 is 0 Å². The predicted molar refractivity (Wildman–Crippen MR) is 65.9 cm³/mol. The molecule has 0 spiro atoms. The molecule has 80 valence electrons. The molecule has 1 aliphatic carbocycles. The summed E-state index contributed by atoms with van der Waals surface area (Å²) in [4.78, 5) is 0. The molecule has 0 heterocycles. The first-order valence-electron chi connectivity index (χ1n) is 6.13. The molecule has 0 bridgehead atoms. The summed E-state index contributed by atoms with van der Waals surface area (Å²) in [5.41, 5.74) is 3.19. The largest absolute Gasteiger partial charge is 0.0850 e. The van der Waals surface area contributed by atoms with Crippen molar-refractivity contribution in [3.05, 3.63) is 47.5 Å². The van der Waals surface area contributed by atoms with Crippen molar-refractivity contribution in [1.29, 1.82) is 0 Å². The van der Waals surface area contributed by atoms with E-state index >= 15 is 0 Å². The Labute approximate surface area is 93.0 Å². The molecule has 2 rings (SSSR count). The third-order valence-corrected chi connectivity index (χ3v) is 3.14. The Hall–Kier alpha value is -1.04. The number of allylic oxidation sites excluding steroid dienone is 2. The van der Waals surface area contributed by atoms with Crippen LogP contribution in [-0.4, -0.2) is 0 Å². The zero-order valence-corrected chi connectivity index (χ0v) is 9.58. The van der Waals surface area contributed by atoms with Gasteiger partial charge in [0.2, 0.25) is 0 Å². The zero-order valence-electron chi connectivity index (χ0n) is 9.58. The second-order valence-corrected chi connectivity index (χ2v) is 4.51. The van der Waals surface area contributed by atoms with Gasteiger partial charge in [-0.15, -0.1) is 0 Å². The molecule has 15 heavy (non-hydrogen) atoms. The minimum atomic E-state index is 0.865. The lowest BCUT2D eigenvalue weighted by Crippen LogP contribution is -1.85. The first-order chi connectivity index (χ1) is 7.40. The van der Waals surface area contributed by atoms with Crippen LogP contribution in [0, 0.1) is 5.92 Å². The van der Waals surface area contributed by atoms with Gasteiger partial charge in [-0.05, 0) is 30.7 Å². The molecule has 1 unspecified atom stereocenters. The van der Waals surface area contributed by atoms with Crippen molar-refractivity contribution in [2.24, 2.45) is 5.92 Å². The van der Waals surface area contributed by atoms with Gasteiger partial charge in [-0.2, -0.15) is 0 Å². The number of rotatable bonds is 5. The first-order valence-corrected chi connectivity index (χ1v) is 6.13. The van der Waals surface area contributed by atoms with Crippen LogP contribution >= 0.6 is 0 Å². The Bertz CT molecular complexity index is 321. The Morgan fingerprint density at radius 2 is 2.07 bits per heavy atom. The molecule has 0 radical (unpaired) electrons. The summed E-state index contributed by atoms with van der Waals surface area (Å²) in [6.07, 6.45) is 9.01. The maximum Gasteiger partial charge on any atom is -0.0125 e. The molecule has 1 aromatic rings. The van der Waals surface area contributed by atoms with E-state index in [4.69, 9.17) is 0 Å². The Morgan fingerprint density at radius 1 is 1.27 bits per heavy atom. The average Bonchev–Trinajstić information content (AvgIpc) is 2.99.